The van der Waals surface area contributed by atoms with Gasteiger partial charge in [-0.25, -0.2) is 0 Å². The highest BCUT2D eigenvalue weighted by Gasteiger charge is 1.69. The molecular weight excluding hydrogens is 106 g/mol. The summed E-state index contributed by atoms with van der Waals surface area (Å²) >= 11 is 0. The molecule has 0 unspecified atom stereocenters. The number of aliphatic hydroxyl groups excluding tert-OH is 2. The van der Waals surface area contributed by atoms with Crippen LogP contribution in [0.3, 0.4) is 0 Å². The highest BCUT2D eigenvalue weighted by Crippen LogP contribution is 1.65. The Bertz CT molecular complexity index is 21.6. The zero-order valence-corrected chi connectivity index (χ0v) is 5.89. The summed E-state index contributed by atoms with van der Waals surface area (Å²) in [5.41, 5.74) is 0. The van der Waals surface area contributed by atoms with E-state index in [0.29, 0.717) is 0 Å². The van der Waals surface area contributed by atoms with Gasteiger partial charge in [0, 0.05) is 12.7 Å². The van der Waals surface area contributed by atoms with Gasteiger partial charge in [0.25, 0.3) is 0 Å². The molecule has 3 heteroatoms. The predicted molar refractivity (Wildman–Crippen MR) is 35.1 cm³/mol. The Labute approximate surface area is 50.9 Å². The second-order valence-electron chi connectivity index (χ2n) is 1.41. The van der Waals surface area contributed by atoms with E-state index in [1.807, 2.05) is 0 Å². The van der Waals surface area contributed by atoms with Crippen LogP contribution in [0.5, 0.6) is 0 Å². The molecule has 0 saturated heterocycles. The first-order valence-corrected chi connectivity index (χ1v) is 2.44. The molecule has 0 rings (SSSR count). The van der Waals surface area contributed by atoms with E-state index in [1.165, 1.54) is 0 Å². The van der Waals surface area contributed by atoms with E-state index in [9.17, 15) is 0 Å². The lowest BCUT2D eigenvalue weighted by atomic mass is 10.5. The molecule has 0 aromatic carbocycles. The molecule has 0 aliphatic carbocycles. The summed E-state index contributed by atoms with van der Waals surface area (Å²) in [6.45, 7) is 5.38. The second-order valence-corrected chi connectivity index (χ2v) is 1.41. The van der Waals surface area contributed by atoms with Crippen molar-refractivity contribution >= 4 is 0 Å². The Balaban J connectivity index is -0.0000000575. The lowest BCUT2D eigenvalue weighted by Crippen LogP contribution is -1.85. The summed E-state index contributed by atoms with van der Waals surface area (Å²) in [6.07, 6.45) is -0.167. The molecule has 0 saturated carbocycles. The first kappa shape index (κ1) is 15.7. The summed E-state index contributed by atoms with van der Waals surface area (Å²) in [5, 5.41) is 15.6. The van der Waals surface area contributed by atoms with Gasteiger partial charge in [-0.2, -0.15) is 0 Å². The van der Waals surface area contributed by atoms with Crippen molar-refractivity contribution in [1.29, 1.82) is 0 Å². The fourth-order valence-electron chi connectivity index (χ4n) is 0. The Morgan fingerprint density at radius 3 is 1.38 bits per heavy atom. The first-order valence-electron chi connectivity index (χ1n) is 2.44. The molecule has 0 radical (unpaired) electrons. The summed E-state index contributed by atoms with van der Waals surface area (Å²) < 4.78 is 0. The molecule has 0 atom stereocenters. The molecule has 0 aromatic rings. The maximum Gasteiger partial charge on any atom is 0.0483 e. The highest BCUT2D eigenvalue weighted by atomic mass is 16.3. The molecule has 0 fully saturated rings. The molecular formula is C5H17NO2. The highest BCUT2D eigenvalue weighted by molar-refractivity contribution is 4.20. The number of hydrogen-bond acceptors (Lipinski definition) is 3. The van der Waals surface area contributed by atoms with E-state index in [1.54, 1.807) is 20.8 Å². The smallest absolute Gasteiger partial charge is 0.0483 e. The van der Waals surface area contributed by atoms with Crippen molar-refractivity contribution in [3.8, 4) is 0 Å². The summed E-state index contributed by atoms with van der Waals surface area (Å²) in [7, 11) is 0. The zero-order chi connectivity index (χ0) is 6.28. The minimum Gasteiger partial charge on any atom is -0.397 e. The Morgan fingerprint density at radius 2 is 1.38 bits per heavy atom. The third kappa shape index (κ3) is 9720. The topological polar surface area (TPSA) is 75.5 Å². The van der Waals surface area contributed by atoms with Crippen molar-refractivity contribution < 1.29 is 10.2 Å². The van der Waals surface area contributed by atoms with Crippen LogP contribution in [0.1, 0.15) is 20.8 Å². The van der Waals surface area contributed by atoms with Crippen LogP contribution in [0.2, 0.25) is 0 Å². The lowest BCUT2D eigenvalue weighted by molar-refractivity contribution is 0.216. The molecule has 0 bridgehead atoms. The zero-order valence-electron chi connectivity index (χ0n) is 5.89. The maximum absolute atomic E-state index is 8.06. The molecule has 5 N–H and O–H groups in total. The van der Waals surface area contributed by atoms with Crippen LogP contribution in [0.15, 0.2) is 0 Å². The van der Waals surface area contributed by atoms with E-state index in [-0.39, 0.29) is 18.9 Å². The van der Waals surface area contributed by atoms with Crippen LogP contribution in [-0.4, -0.2) is 22.9 Å². The predicted octanol–water partition coefficient (Wildman–Crippen LogP) is 0.548. The van der Waals surface area contributed by atoms with Gasteiger partial charge in [-0.05, 0) is 20.8 Å². The van der Waals surface area contributed by atoms with Crippen LogP contribution in [0.25, 0.3) is 0 Å². The largest absolute Gasteiger partial charge is 0.397 e. The van der Waals surface area contributed by atoms with E-state index >= 15 is 0 Å². The average Bonchev–Trinajstić information content (AvgIpc) is 1.33. The van der Waals surface area contributed by atoms with Crippen LogP contribution in [0, 0.1) is 0 Å². The van der Waals surface area contributed by atoms with Gasteiger partial charge in [-0.1, -0.05) is 0 Å². The first-order chi connectivity index (χ1) is 3.15. The van der Waals surface area contributed by atoms with Crippen LogP contribution in [-0.2, 0) is 0 Å². The van der Waals surface area contributed by atoms with Gasteiger partial charge < -0.3 is 16.4 Å². The fourth-order valence-corrected chi connectivity index (χ4v) is 0. The third-order valence-corrected chi connectivity index (χ3v) is 0. The number of hydrogen-bond donors (Lipinski definition) is 3. The molecule has 0 aliphatic rings. The molecule has 8 heavy (non-hydrogen) atoms. The van der Waals surface area contributed by atoms with E-state index in [4.69, 9.17) is 10.2 Å². The molecule has 54 valence electrons. The van der Waals surface area contributed by atoms with Crippen molar-refractivity contribution in [3.63, 3.8) is 0 Å². The van der Waals surface area contributed by atoms with Gasteiger partial charge in [-0.3, -0.25) is 0 Å². The minimum absolute atomic E-state index is 0. The minimum atomic E-state index is -0.167. The van der Waals surface area contributed by atoms with Gasteiger partial charge >= 0.3 is 0 Å². The van der Waals surface area contributed by atoms with Crippen LogP contribution >= 0.6 is 0 Å². The Morgan fingerprint density at radius 1 is 1.38 bits per heavy atom. The summed E-state index contributed by atoms with van der Waals surface area (Å²) in [4.78, 5) is 0. The van der Waals surface area contributed by atoms with Crippen molar-refractivity contribution in [2.24, 2.45) is 0 Å². The normalized spacial score (nSPS) is 6.75. The van der Waals surface area contributed by atoms with Crippen molar-refractivity contribution in [1.82, 2.24) is 6.15 Å². The average molecular weight is 123 g/mol. The van der Waals surface area contributed by atoms with Gasteiger partial charge in [0.2, 0.25) is 0 Å². The van der Waals surface area contributed by atoms with E-state index in [2.05, 4.69) is 0 Å². The van der Waals surface area contributed by atoms with Crippen molar-refractivity contribution in [3.05, 3.63) is 0 Å². The van der Waals surface area contributed by atoms with Gasteiger partial charge in [0.05, 0.1) is 0 Å². The molecule has 0 aromatic heterocycles. The van der Waals surface area contributed by atoms with Gasteiger partial charge in [0.15, 0.2) is 0 Å². The molecule has 3 nitrogen and oxygen atoms in total. The van der Waals surface area contributed by atoms with Crippen LogP contribution in [0.4, 0.5) is 0 Å². The lowest BCUT2D eigenvalue weighted by Gasteiger charge is -1.80. The molecule has 0 amide bonds. The van der Waals surface area contributed by atoms with Crippen molar-refractivity contribution in [2.45, 2.75) is 26.9 Å². The Hall–Kier alpha value is -0.120. The van der Waals surface area contributed by atoms with Crippen LogP contribution < -0.4 is 6.15 Å². The maximum atomic E-state index is 8.06. The summed E-state index contributed by atoms with van der Waals surface area (Å²) in [6, 6.07) is 0. The molecule has 0 heterocycles. The standard InChI is InChI=1S/C3H8O.C2H6O.H3N/c1-3(2)4;1-2-3;/h3-4H,1-2H3;3H,2H2,1H3;1H3. The van der Waals surface area contributed by atoms with E-state index < -0.39 is 0 Å². The van der Waals surface area contributed by atoms with Gasteiger partial charge in [0.1, 0.15) is 0 Å². The monoisotopic (exact) mass is 123 g/mol. The second kappa shape index (κ2) is 15.8. The molecule has 0 spiro atoms. The van der Waals surface area contributed by atoms with Crippen molar-refractivity contribution in [2.75, 3.05) is 6.61 Å². The quantitative estimate of drug-likeness (QED) is 0.440. The van der Waals surface area contributed by atoms with E-state index in [0.717, 1.165) is 0 Å². The van der Waals surface area contributed by atoms with Gasteiger partial charge in [-0.15, -0.1) is 0 Å². The number of rotatable bonds is 0. The fraction of sp³-hybridized carbons (Fsp3) is 1.00. The molecule has 0 aliphatic heterocycles. The Kier molecular flexibility index (Phi) is 30.9. The summed E-state index contributed by atoms with van der Waals surface area (Å²) in [5.74, 6) is 0. The number of aliphatic hydroxyl groups is 2. The third-order valence-electron chi connectivity index (χ3n) is 0. The SMILES string of the molecule is CC(C)O.CCO.N.